The van der Waals surface area contributed by atoms with Gasteiger partial charge in [-0.1, -0.05) is 24.3 Å². The summed E-state index contributed by atoms with van der Waals surface area (Å²) in [4.78, 5) is 12.3. The van der Waals surface area contributed by atoms with Crippen molar-refractivity contribution in [3.05, 3.63) is 34.7 Å². The van der Waals surface area contributed by atoms with Crippen LogP contribution < -0.4 is 10.2 Å². The second-order valence-corrected chi connectivity index (χ2v) is 2.83. The number of nitrogens with one attached hydrogen (secondary N) is 2. The van der Waals surface area contributed by atoms with E-state index in [2.05, 4.69) is 34.4 Å². The van der Waals surface area contributed by atoms with E-state index in [-0.39, 0.29) is 12.5 Å². The van der Waals surface area contributed by atoms with Gasteiger partial charge < -0.3 is 5.32 Å². The first-order valence-electron chi connectivity index (χ1n) is 3.92. The van der Waals surface area contributed by atoms with Crippen molar-refractivity contribution in [2.75, 3.05) is 13.6 Å². The highest BCUT2D eigenvalue weighted by Gasteiger charge is 1.90. The molecule has 0 aliphatic heterocycles. The number of halogens is 1. The molecule has 0 spiro atoms. The molecular formula is C9H11ClN2O. The molecule has 2 rings (SSSR count). The molecule has 3 nitrogen and oxygen atoms in total. The Bertz CT molecular complexity index is 327. The molecule has 0 radical (unpaired) electrons. The van der Waals surface area contributed by atoms with Crippen LogP contribution in [0.4, 0.5) is 0 Å². The first kappa shape index (κ1) is 10.0. The number of hydrogen-bond donors (Lipinski definition) is 2. The fourth-order valence-electron chi connectivity index (χ4n) is 0.812. The number of carbonyl (C=O) groups is 1. The Morgan fingerprint density at radius 3 is 1.85 bits per heavy atom. The lowest BCUT2D eigenvalue weighted by atomic mass is 10.1. The summed E-state index contributed by atoms with van der Waals surface area (Å²) in [5, 5.41) is 5.23. The van der Waals surface area contributed by atoms with Crippen LogP contribution in [0, 0.1) is 10.4 Å². The fraction of sp³-hybridized carbons (Fsp3) is 0.222. The van der Waals surface area contributed by atoms with E-state index in [1.165, 1.54) is 10.4 Å². The van der Waals surface area contributed by atoms with Crippen LogP contribution >= 0.6 is 11.8 Å². The van der Waals surface area contributed by atoms with Crippen molar-refractivity contribution in [2.24, 2.45) is 0 Å². The molecule has 1 amide bonds. The Kier molecular flexibility index (Phi) is 3.73. The van der Waals surface area contributed by atoms with Gasteiger partial charge in [0.25, 0.3) is 0 Å². The van der Waals surface area contributed by atoms with Gasteiger partial charge in [0.1, 0.15) is 0 Å². The van der Waals surface area contributed by atoms with E-state index in [9.17, 15) is 4.79 Å². The number of hydrogen-bond acceptors (Lipinski definition) is 2. The van der Waals surface area contributed by atoms with E-state index in [0.29, 0.717) is 0 Å². The Labute approximate surface area is 81.5 Å². The SMILES string of the molecule is CNC(=O)CNCl.c1cc2ccc1=2. The van der Waals surface area contributed by atoms with Gasteiger partial charge >= 0.3 is 0 Å². The van der Waals surface area contributed by atoms with Crippen LogP contribution in [-0.4, -0.2) is 19.5 Å². The summed E-state index contributed by atoms with van der Waals surface area (Å²) in [6.07, 6.45) is 0. The lowest BCUT2D eigenvalue weighted by Gasteiger charge is -1.95. The third-order valence-electron chi connectivity index (χ3n) is 1.72. The van der Waals surface area contributed by atoms with Gasteiger partial charge in [0.05, 0.1) is 6.54 Å². The molecular weight excluding hydrogens is 188 g/mol. The number of amides is 1. The van der Waals surface area contributed by atoms with E-state index in [1.54, 1.807) is 7.05 Å². The molecule has 0 unspecified atom stereocenters. The highest BCUT2D eigenvalue weighted by molar-refractivity contribution is 6.14. The molecule has 0 heterocycles. The predicted molar refractivity (Wildman–Crippen MR) is 52.0 cm³/mol. The lowest BCUT2D eigenvalue weighted by molar-refractivity contribution is -0.119. The van der Waals surface area contributed by atoms with Crippen LogP contribution in [0.5, 0.6) is 0 Å². The molecule has 4 heteroatoms. The maximum Gasteiger partial charge on any atom is 0.235 e. The van der Waals surface area contributed by atoms with E-state index in [1.807, 2.05) is 0 Å². The molecule has 0 saturated carbocycles. The standard InChI is InChI=1S/C6H4.C3H7ClN2O/c1-2-6-4-3-5(1)6;1-5-3(7)2-6-4/h1-4H;6H,2H2,1H3,(H,5,7). The Morgan fingerprint density at radius 2 is 1.77 bits per heavy atom. The zero-order valence-corrected chi connectivity index (χ0v) is 8.06. The molecule has 0 fully saturated rings. The molecule has 13 heavy (non-hydrogen) atoms. The molecule has 0 bridgehead atoms. The quantitative estimate of drug-likeness (QED) is 0.700. The van der Waals surface area contributed by atoms with Crippen molar-refractivity contribution in [3.8, 4) is 0 Å². The van der Waals surface area contributed by atoms with Crippen molar-refractivity contribution < 1.29 is 4.79 Å². The Balaban J connectivity index is 0.000000130. The summed E-state index contributed by atoms with van der Waals surface area (Å²) in [5.74, 6) is -0.116. The molecule has 0 atom stereocenters. The lowest BCUT2D eigenvalue weighted by Crippen LogP contribution is -2.26. The average Bonchev–Trinajstić information content (AvgIpc) is 2.12. The zero-order valence-electron chi connectivity index (χ0n) is 7.30. The minimum Gasteiger partial charge on any atom is -0.358 e. The normalized spacial score (nSPS) is 9.69. The van der Waals surface area contributed by atoms with E-state index in [4.69, 9.17) is 11.8 Å². The largest absolute Gasteiger partial charge is 0.358 e. The van der Waals surface area contributed by atoms with E-state index < -0.39 is 0 Å². The summed E-state index contributed by atoms with van der Waals surface area (Å²) in [7, 11) is 1.55. The molecule has 0 saturated heterocycles. The van der Waals surface area contributed by atoms with Crippen LogP contribution in [0.25, 0.3) is 0 Å². The monoisotopic (exact) mass is 198 g/mol. The van der Waals surface area contributed by atoms with Crippen LogP contribution in [0.3, 0.4) is 0 Å². The molecule has 2 aliphatic rings. The topological polar surface area (TPSA) is 41.1 Å². The van der Waals surface area contributed by atoms with Gasteiger partial charge in [-0.2, -0.15) is 0 Å². The highest BCUT2D eigenvalue weighted by atomic mass is 35.5. The molecule has 0 aromatic carbocycles. The van der Waals surface area contributed by atoms with Crippen molar-refractivity contribution in [3.63, 3.8) is 0 Å². The molecule has 0 aromatic rings. The minimum atomic E-state index is -0.116. The highest BCUT2D eigenvalue weighted by Crippen LogP contribution is 2.04. The summed E-state index contributed by atoms with van der Waals surface area (Å²) >= 11 is 4.96. The van der Waals surface area contributed by atoms with Crippen LogP contribution in [0.2, 0.25) is 0 Å². The second-order valence-electron chi connectivity index (χ2n) is 2.56. The zero-order chi connectivity index (χ0) is 9.68. The number of likely N-dealkylation sites (N-methyl/N-ethyl adjacent to an activating group) is 1. The summed E-state index contributed by atoms with van der Waals surface area (Å²) in [6.45, 7) is 0.165. The van der Waals surface area contributed by atoms with Crippen LogP contribution in [0.15, 0.2) is 24.3 Å². The summed E-state index contributed by atoms with van der Waals surface area (Å²) < 4.78 is 0. The van der Waals surface area contributed by atoms with Gasteiger partial charge in [-0.3, -0.25) is 4.79 Å². The average molecular weight is 199 g/mol. The molecule has 0 aromatic heterocycles. The van der Waals surface area contributed by atoms with Gasteiger partial charge in [0.15, 0.2) is 0 Å². The smallest absolute Gasteiger partial charge is 0.235 e. The van der Waals surface area contributed by atoms with Crippen molar-refractivity contribution in [1.29, 1.82) is 0 Å². The predicted octanol–water partition coefficient (Wildman–Crippen LogP) is 0.763. The number of rotatable bonds is 2. The van der Waals surface area contributed by atoms with Crippen LogP contribution in [-0.2, 0) is 4.79 Å². The van der Waals surface area contributed by atoms with Gasteiger partial charge in [-0.05, 0) is 22.2 Å². The first-order chi connectivity index (χ1) is 6.27. The van der Waals surface area contributed by atoms with Crippen molar-refractivity contribution in [1.82, 2.24) is 10.2 Å². The molecule has 2 aliphatic carbocycles. The fourth-order valence-corrected chi connectivity index (χ4v) is 0.933. The number of benzene rings is 1. The number of carbonyl (C=O) groups excluding carboxylic acids is 1. The van der Waals surface area contributed by atoms with Crippen LogP contribution in [0.1, 0.15) is 0 Å². The van der Waals surface area contributed by atoms with E-state index >= 15 is 0 Å². The van der Waals surface area contributed by atoms with Gasteiger partial charge in [-0.25, -0.2) is 4.84 Å². The Hall–Kier alpha value is -1.06. The maximum absolute atomic E-state index is 10.2. The summed E-state index contributed by atoms with van der Waals surface area (Å²) in [5.41, 5.74) is 0. The Morgan fingerprint density at radius 1 is 1.31 bits per heavy atom. The van der Waals surface area contributed by atoms with Gasteiger partial charge in [0, 0.05) is 7.05 Å². The second kappa shape index (κ2) is 4.84. The van der Waals surface area contributed by atoms with Gasteiger partial charge in [-0.15, -0.1) is 0 Å². The third-order valence-corrected chi connectivity index (χ3v) is 1.86. The maximum atomic E-state index is 10.2. The van der Waals surface area contributed by atoms with Gasteiger partial charge in [0.2, 0.25) is 5.91 Å². The first-order valence-corrected chi connectivity index (χ1v) is 4.30. The van der Waals surface area contributed by atoms with E-state index in [0.717, 1.165) is 0 Å². The molecule has 70 valence electrons. The minimum absolute atomic E-state index is 0.116. The molecule has 2 N–H and O–H groups in total. The van der Waals surface area contributed by atoms with Crippen molar-refractivity contribution in [2.45, 2.75) is 0 Å². The van der Waals surface area contributed by atoms with Crippen molar-refractivity contribution >= 4 is 17.7 Å². The summed E-state index contributed by atoms with van der Waals surface area (Å²) in [6, 6.07) is 8.48. The third kappa shape index (κ3) is 2.72.